The summed E-state index contributed by atoms with van der Waals surface area (Å²) in [5.74, 6) is 0. The molecule has 5 heteroatoms. The first-order valence-corrected chi connectivity index (χ1v) is 5.05. The van der Waals surface area contributed by atoms with Crippen molar-refractivity contribution in [3.05, 3.63) is 45.8 Å². The van der Waals surface area contributed by atoms with Crippen LogP contribution in [0.25, 0.3) is 11.3 Å². The highest BCUT2D eigenvalue weighted by molar-refractivity contribution is 5.62. The number of nitrogens with one attached hydrogen (secondary N) is 1. The summed E-state index contributed by atoms with van der Waals surface area (Å²) in [4.78, 5) is 22.3. The van der Waals surface area contributed by atoms with Gasteiger partial charge in [0.2, 0.25) is 0 Å². The van der Waals surface area contributed by atoms with Crippen LogP contribution in [0.1, 0.15) is 17.0 Å². The van der Waals surface area contributed by atoms with E-state index in [1.165, 1.54) is 6.07 Å². The first kappa shape index (κ1) is 11.0. The molecule has 0 radical (unpaired) electrons. The highest BCUT2D eigenvalue weighted by atomic mass is 16.1. The highest BCUT2D eigenvalue weighted by Gasteiger charge is 2.08. The summed E-state index contributed by atoms with van der Waals surface area (Å²) in [6.45, 7) is 3.67. The van der Waals surface area contributed by atoms with E-state index < -0.39 is 5.56 Å². The smallest absolute Gasteiger partial charge is 0.265 e. The fourth-order valence-electron chi connectivity index (χ4n) is 1.51. The lowest BCUT2D eigenvalue weighted by Crippen LogP contribution is -2.09. The Bertz CT molecular complexity index is 667. The maximum atomic E-state index is 11.3. The minimum absolute atomic E-state index is 0.0743. The second-order valence-electron chi connectivity index (χ2n) is 3.69. The molecule has 2 aromatic rings. The van der Waals surface area contributed by atoms with Crippen molar-refractivity contribution in [1.82, 2.24) is 15.0 Å². The van der Waals surface area contributed by atoms with Crippen molar-refractivity contribution in [2.24, 2.45) is 0 Å². The fourth-order valence-corrected chi connectivity index (χ4v) is 1.51. The zero-order valence-electron chi connectivity index (χ0n) is 9.48. The van der Waals surface area contributed by atoms with Crippen LogP contribution in [-0.4, -0.2) is 15.0 Å². The summed E-state index contributed by atoms with van der Waals surface area (Å²) in [5, 5.41) is 8.81. The van der Waals surface area contributed by atoms with Gasteiger partial charge in [-0.15, -0.1) is 0 Å². The van der Waals surface area contributed by atoms with Gasteiger partial charge in [-0.3, -0.25) is 9.78 Å². The van der Waals surface area contributed by atoms with Gasteiger partial charge in [-0.25, -0.2) is 4.98 Å². The molecule has 0 aliphatic carbocycles. The molecule has 0 spiro atoms. The van der Waals surface area contributed by atoms with E-state index in [1.807, 2.05) is 19.9 Å². The zero-order chi connectivity index (χ0) is 12.4. The van der Waals surface area contributed by atoms with Crippen molar-refractivity contribution in [2.75, 3.05) is 0 Å². The van der Waals surface area contributed by atoms with E-state index in [9.17, 15) is 4.79 Å². The Morgan fingerprint density at radius 1 is 1.41 bits per heavy atom. The van der Waals surface area contributed by atoms with Crippen molar-refractivity contribution in [2.45, 2.75) is 13.8 Å². The maximum absolute atomic E-state index is 11.3. The monoisotopic (exact) mass is 226 g/mol. The molecule has 0 unspecified atom stereocenters. The normalized spacial score (nSPS) is 9.94. The van der Waals surface area contributed by atoms with Crippen LogP contribution >= 0.6 is 0 Å². The van der Waals surface area contributed by atoms with Crippen LogP contribution in [0.4, 0.5) is 0 Å². The number of hydrogen-bond donors (Lipinski definition) is 1. The van der Waals surface area contributed by atoms with Gasteiger partial charge >= 0.3 is 0 Å². The lowest BCUT2D eigenvalue weighted by atomic mass is 10.1. The average molecular weight is 226 g/mol. The van der Waals surface area contributed by atoms with Gasteiger partial charge < -0.3 is 4.98 Å². The minimum atomic E-state index is -0.394. The molecule has 0 bridgehead atoms. The molecule has 0 saturated carbocycles. The van der Waals surface area contributed by atoms with Crippen molar-refractivity contribution < 1.29 is 0 Å². The molecular formula is C12H10N4O. The Kier molecular flexibility index (Phi) is 2.71. The van der Waals surface area contributed by atoms with Crippen molar-refractivity contribution in [3.8, 4) is 17.3 Å². The van der Waals surface area contributed by atoms with Crippen LogP contribution in [0.2, 0.25) is 0 Å². The fraction of sp³-hybridized carbons (Fsp3) is 0.167. The van der Waals surface area contributed by atoms with E-state index in [0.29, 0.717) is 11.3 Å². The van der Waals surface area contributed by atoms with Crippen LogP contribution in [0.3, 0.4) is 0 Å². The van der Waals surface area contributed by atoms with Gasteiger partial charge in [0.1, 0.15) is 11.6 Å². The van der Waals surface area contributed by atoms with Crippen LogP contribution in [0, 0.1) is 25.2 Å². The van der Waals surface area contributed by atoms with E-state index in [2.05, 4.69) is 15.0 Å². The summed E-state index contributed by atoms with van der Waals surface area (Å²) in [7, 11) is 0. The molecule has 0 aromatic carbocycles. The van der Waals surface area contributed by atoms with Gasteiger partial charge in [0.15, 0.2) is 0 Å². The molecule has 0 saturated heterocycles. The highest BCUT2D eigenvalue weighted by Crippen LogP contribution is 2.18. The molecular weight excluding hydrogens is 216 g/mol. The third kappa shape index (κ3) is 2.06. The number of rotatable bonds is 1. The summed E-state index contributed by atoms with van der Waals surface area (Å²) in [5.41, 5.74) is 2.59. The summed E-state index contributed by atoms with van der Waals surface area (Å²) in [6, 6.07) is 3.37. The van der Waals surface area contributed by atoms with Crippen LogP contribution in [-0.2, 0) is 0 Å². The predicted molar refractivity (Wildman–Crippen MR) is 62.3 cm³/mol. The number of aromatic amines is 1. The van der Waals surface area contributed by atoms with Crippen LogP contribution in [0.15, 0.2) is 23.3 Å². The molecule has 0 atom stereocenters. The molecule has 0 aliphatic rings. The van der Waals surface area contributed by atoms with Gasteiger partial charge in [0.25, 0.3) is 5.56 Å². The maximum Gasteiger partial charge on any atom is 0.265 e. The van der Waals surface area contributed by atoms with Gasteiger partial charge in [-0.2, -0.15) is 5.26 Å². The number of nitrogens with zero attached hydrogens (tertiary/aromatic N) is 3. The first-order chi connectivity index (χ1) is 8.11. The van der Waals surface area contributed by atoms with Gasteiger partial charge in [-0.1, -0.05) is 0 Å². The van der Waals surface area contributed by atoms with Crippen molar-refractivity contribution >= 4 is 0 Å². The number of nitriles is 1. The van der Waals surface area contributed by atoms with E-state index in [0.717, 1.165) is 11.4 Å². The average Bonchev–Trinajstić information content (AvgIpc) is 2.33. The second-order valence-corrected chi connectivity index (χ2v) is 3.69. The van der Waals surface area contributed by atoms with Crippen molar-refractivity contribution in [1.29, 1.82) is 5.26 Å². The Morgan fingerprint density at radius 2 is 2.18 bits per heavy atom. The summed E-state index contributed by atoms with van der Waals surface area (Å²) in [6.07, 6.45) is 3.22. The van der Waals surface area contributed by atoms with E-state index >= 15 is 0 Å². The largest absolute Gasteiger partial charge is 0.327 e. The minimum Gasteiger partial charge on any atom is -0.327 e. The molecule has 84 valence electrons. The lowest BCUT2D eigenvalue weighted by molar-refractivity contribution is 1.06. The number of aromatic nitrogens is 3. The number of H-pyrrole nitrogens is 1. The first-order valence-electron chi connectivity index (χ1n) is 5.05. The molecule has 1 N–H and O–H groups in total. The molecule has 5 nitrogen and oxygen atoms in total. The summed E-state index contributed by atoms with van der Waals surface area (Å²) < 4.78 is 0. The molecule has 0 amide bonds. The number of aryl methyl sites for hydroxylation is 2. The molecule has 2 aromatic heterocycles. The molecule has 17 heavy (non-hydrogen) atoms. The van der Waals surface area contributed by atoms with Crippen LogP contribution in [0.5, 0.6) is 0 Å². The molecule has 0 aliphatic heterocycles. The molecule has 2 rings (SSSR count). The Morgan fingerprint density at radius 3 is 2.88 bits per heavy atom. The molecule has 2 heterocycles. The number of pyridine rings is 1. The molecule has 0 fully saturated rings. The Labute approximate surface area is 97.8 Å². The van der Waals surface area contributed by atoms with Crippen molar-refractivity contribution in [3.63, 3.8) is 0 Å². The predicted octanol–water partition coefficient (Wildman–Crippen LogP) is 1.32. The third-order valence-corrected chi connectivity index (χ3v) is 2.37. The quantitative estimate of drug-likeness (QED) is 0.794. The van der Waals surface area contributed by atoms with E-state index in [-0.39, 0.29) is 5.56 Å². The third-order valence-electron chi connectivity index (χ3n) is 2.37. The van der Waals surface area contributed by atoms with E-state index in [4.69, 9.17) is 5.26 Å². The second kappa shape index (κ2) is 4.18. The van der Waals surface area contributed by atoms with Gasteiger partial charge in [-0.05, 0) is 19.9 Å². The van der Waals surface area contributed by atoms with Gasteiger partial charge in [0.05, 0.1) is 17.1 Å². The van der Waals surface area contributed by atoms with E-state index in [1.54, 1.807) is 12.4 Å². The summed E-state index contributed by atoms with van der Waals surface area (Å²) >= 11 is 0. The number of hydrogen-bond acceptors (Lipinski definition) is 4. The standard InChI is InChI=1S/C12H10N4O/c1-7-5-14-8(2)11(16-7)10-3-9(4-13)12(17)15-6-10/h3,5-6H,1-2H3,(H,15,17). The SMILES string of the molecule is Cc1cnc(C)c(-c2c[nH]c(=O)c(C#N)c2)n1. The Balaban J connectivity index is 2.65. The van der Waals surface area contributed by atoms with Gasteiger partial charge in [0, 0.05) is 18.0 Å². The Hall–Kier alpha value is -2.48. The topological polar surface area (TPSA) is 82.4 Å². The zero-order valence-corrected chi connectivity index (χ0v) is 9.48. The van der Waals surface area contributed by atoms with Crippen LogP contribution < -0.4 is 5.56 Å². The lowest BCUT2D eigenvalue weighted by Gasteiger charge is -2.05.